The maximum absolute atomic E-state index is 13.4. The van der Waals surface area contributed by atoms with Gasteiger partial charge in [0.1, 0.15) is 5.75 Å². The molecule has 0 bridgehead atoms. The Labute approximate surface area is 248 Å². The Morgan fingerprint density at radius 1 is 1.02 bits per heavy atom. The number of aryl methyl sites for hydroxylation is 1. The average molecular weight is 614 g/mol. The van der Waals surface area contributed by atoms with E-state index in [-0.39, 0.29) is 34.4 Å². The zero-order valence-electron chi connectivity index (χ0n) is 23.9. The fourth-order valence-corrected chi connectivity index (χ4v) is 6.15. The summed E-state index contributed by atoms with van der Waals surface area (Å²) < 4.78 is 47.8. The monoisotopic (exact) mass is 613 g/mol. The maximum Gasteiger partial charge on any atom is 0.337 e. The number of carbonyl (C=O) groups excluding carboxylic acids is 3. The molecule has 1 aliphatic rings. The molecule has 1 amide bonds. The van der Waals surface area contributed by atoms with E-state index in [2.05, 4.69) is 4.74 Å². The van der Waals surface area contributed by atoms with Crippen LogP contribution in [0.3, 0.4) is 0 Å². The molecule has 1 atom stereocenters. The number of carbonyl (C=O) groups is 3. The number of ether oxygens (including phenoxy) is 4. The average Bonchev–Trinajstić information content (AvgIpc) is 3.45. The van der Waals surface area contributed by atoms with Crippen molar-refractivity contribution < 1.29 is 47.0 Å². The van der Waals surface area contributed by atoms with E-state index in [0.29, 0.717) is 33.9 Å². The fraction of sp³-hybridized carbons (Fsp3) is 0.276. The van der Waals surface area contributed by atoms with Crippen LogP contribution in [0.4, 0.5) is 0 Å². The van der Waals surface area contributed by atoms with Crippen LogP contribution in [-0.4, -0.2) is 63.5 Å². The van der Waals surface area contributed by atoms with Gasteiger partial charge in [0.2, 0.25) is 6.79 Å². The summed E-state index contributed by atoms with van der Waals surface area (Å²) in [6.07, 6.45) is -0.430. The normalized spacial score (nSPS) is 12.9. The van der Waals surface area contributed by atoms with E-state index < -0.39 is 40.1 Å². The van der Waals surface area contributed by atoms with Gasteiger partial charge in [-0.1, -0.05) is 23.0 Å². The van der Waals surface area contributed by atoms with Gasteiger partial charge in [0.05, 0.1) is 37.1 Å². The molecule has 0 spiro atoms. The number of sulfonamides is 1. The molecule has 0 aromatic heterocycles. The van der Waals surface area contributed by atoms with Crippen molar-refractivity contribution in [2.75, 3.05) is 21.0 Å². The number of benzene rings is 3. The number of methoxy groups -OCH3 is 2. The van der Waals surface area contributed by atoms with Crippen molar-refractivity contribution in [1.82, 2.24) is 10.0 Å². The number of rotatable bonds is 11. The standard InChI is InChI=1S/C29H31N3O10S/c1-16-11-24(39-3)21(12-18-5-10-23-25(13-18)42-15-41-23)17(2)28(16)43(37,38)31-32(36)26(33)14-22(30)27(34)19-6-8-20(9-7-19)29(35)40-4/h5-11,13,22,31,36H,12,14-15,30H2,1-4H3. The van der Waals surface area contributed by atoms with Crippen molar-refractivity contribution in [1.29, 1.82) is 0 Å². The highest BCUT2D eigenvalue weighted by Crippen LogP contribution is 2.36. The van der Waals surface area contributed by atoms with E-state index >= 15 is 0 Å². The molecule has 1 unspecified atom stereocenters. The van der Waals surface area contributed by atoms with Gasteiger partial charge in [0.25, 0.3) is 15.9 Å². The van der Waals surface area contributed by atoms with Crippen molar-refractivity contribution in [2.45, 2.75) is 37.6 Å². The van der Waals surface area contributed by atoms with Crippen molar-refractivity contribution in [3.63, 3.8) is 0 Å². The third-order valence-electron chi connectivity index (χ3n) is 6.87. The van der Waals surface area contributed by atoms with Crippen LogP contribution in [0.15, 0.2) is 53.4 Å². The van der Waals surface area contributed by atoms with Gasteiger partial charge in [-0.2, -0.15) is 0 Å². The summed E-state index contributed by atoms with van der Waals surface area (Å²) in [5, 5.41) is 10.1. The number of nitrogens with zero attached hydrogens (tertiary/aromatic N) is 1. The van der Waals surface area contributed by atoms with Crippen LogP contribution in [0, 0.1) is 13.8 Å². The quantitative estimate of drug-likeness (QED) is 0.125. The number of hydrazine groups is 1. The van der Waals surface area contributed by atoms with Crippen LogP contribution < -0.4 is 24.8 Å². The highest BCUT2D eigenvalue weighted by atomic mass is 32.2. The number of hydrogen-bond donors (Lipinski definition) is 3. The lowest BCUT2D eigenvalue weighted by Crippen LogP contribution is -2.47. The van der Waals surface area contributed by atoms with E-state index in [1.807, 2.05) is 10.9 Å². The van der Waals surface area contributed by atoms with Crippen molar-refractivity contribution in [3.8, 4) is 17.2 Å². The Morgan fingerprint density at radius 3 is 2.33 bits per heavy atom. The molecule has 0 saturated heterocycles. The second-order valence-electron chi connectivity index (χ2n) is 9.74. The lowest BCUT2D eigenvalue weighted by atomic mass is 9.97. The van der Waals surface area contributed by atoms with Gasteiger partial charge >= 0.3 is 5.97 Å². The molecule has 0 fully saturated rings. The summed E-state index contributed by atoms with van der Waals surface area (Å²) in [6.45, 7) is 3.26. The lowest BCUT2D eigenvalue weighted by molar-refractivity contribution is -0.172. The van der Waals surface area contributed by atoms with Crippen LogP contribution in [0.1, 0.15) is 49.4 Å². The Bertz CT molecular complexity index is 1670. The zero-order chi connectivity index (χ0) is 31.5. The number of hydroxylamine groups is 1. The number of esters is 1. The number of Topliss-reactive ketones (excluding diaryl/α,β-unsaturated/α-hetero) is 1. The van der Waals surface area contributed by atoms with Gasteiger partial charge in [-0.15, -0.1) is 5.17 Å². The third kappa shape index (κ3) is 6.78. The highest BCUT2D eigenvalue weighted by molar-refractivity contribution is 7.89. The van der Waals surface area contributed by atoms with Gasteiger partial charge < -0.3 is 24.7 Å². The Hall–Kier alpha value is -4.50. The van der Waals surface area contributed by atoms with Gasteiger partial charge in [-0.05, 0) is 60.9 Å². The second kappa shape index (κ2) is 12.8. The van der Waals surface area contributed by atoms with E-state index in [1.54, 1.807) is 32.0 Å². The van der Waals surface area contributed by atoms with Gasteiger partial charge in [0, 0.05) is 17.5 Å². The molecule has 13 nitrogen and oxygen atoms in total. The van der Waals surface area contributed by atoms with Crippen LogP contribution in [-0.2, 0) is 26.0 Å². The number of nitrogens with two attached hydrogens (primary N) is 1. The number of amides is 1. The van der Waals surface area contributed by atoms with Gasteiger partial charge in [0.15, 0.2) is 17.3 Å². The molecular weight excluding hydrogens is 582 g/mol. The topological polar surface area (TPSA) is 184 Å². The van der Waals surface area contributed by atoms with Gasteiger partial charge in [-0.3, -0.25) is 14.8 Å². The van der Waals surface area contributed by atoms with E-state index in [0.717, 1.165) is 5.56 Å². The van der Waals surface area contributed by atoms with E-state index in [1.165, 1.54) is 38.5 Å². The molecule has 43 heavy (non-hydrogen) atoms. The summed E-state index contributed by atoms with van der Waals surface area (Å²) in [6, 6.07) is 10.9. The van der Waals surface area contributed by atoms with E-state index in [9.17, 15) is 28.0 Å². The summed E-state index contributed by atoms with van der Waals surface area (Å²) in [4.78, 5) is 38.6. The molecule has 0 radical (unpaired) electrons. The highest BCUT2D eigenvalue weighted by Gasteiger charge is 2.29. The van der Waals surface area contributed by atoms with E-state index in [4.69, 9.17) is 19.9 Å². The number of ketones is 1. The molecule has 3 aromatic carbocycles. The third-order valence-corrected chi connectivity index (χ3v) is 8.45. The molecule has 3 aromatic rings. The maximum atomic E-state index is 13.4. The Kier molecular flexibility index (Phi) is 9.35. The van der Waals surface area contributed by atoms with Crippen LogP contribution in [0.25, 0.3) is 0 Å². The first-order valence-corrected chi connectivity index (χ1v) is 14.4. The van der Waals surface area contributed by atoms with Crippen LogP contribution in [0.5, 0.6) is 17.2 Å². The molecule has 0 aliphatic carbocycles. The first-order chi connectivity index (χ1) is 20.4. The minimum Gasteiger partial charge on any atom is -0.496 e. The fourth-order valence-electron chi connectivity index (χ4n) is 4.72. The smallest absolute Gasteiger partial charge is 0.337 e. The Balaban J connectivity index is 1.50. The molecule has 4 N–H and O–H groups in total. The summed E-state index contributed by atoms with van der Waals surface area (Å²) in [7, 11) is -1.82. The zero-order valence-corrected chi connectivity index (χ0v) is 24.7. The summed E-state index contributed by atoms with van der Waals surface area (Å²) in [5.41, 5.74) is 8.22. The first kappa shape index (κ1) is 31.4. The second-order valence-corrected chi connectivity index (χ2v) is 11.3. The lowest BCUT2D eigenvalue weighted by Gasteiger charge is -2.22. The molecule has 14 heteroatoms. The van der Waals surface area contributed by atoms with Gasteiger partial charge in [-0.25, -0.2) is 13.2 Å². The summed E-state index contributed by atoms with van der Waals surface area (Å²) in [5.74, 6) is -0.790. The van der Waals surface area contributed by atoms with Crippen molar-refractivity contribution in [2.24, 2.45) is 5.73 Å². The largest absolute Gasteiger partial charge is 0.496 e. The number of fused-ring (bicyclic) bond motifs is 1. The minimum atomic E-state index is -4.50. The molecule has 228 valence electrons. The number of nitrogens with one attached hydrogen (secondary N) is 1. The molecule has 4 rings (SSSR count). The molecule has 1 heterocycles. The predicted octanol–water partition coefficient (Wildman–Crippen LogP) is 2.43. The summed E-state index contributed by atoms with van der Waals surface area (Å²) >= 11 is 0. The van der Waals surface area contributed by atoms with Crippen molar-refractivity contribution in [3.05, 3.63) is 81.9 Å². The molecule has 0 saturated carbocycles. The SMILES string of the molecule is COC(=O)c1ccc(C(=O)C(N)CC(=O)N(O)NS(=O)(=O)c2c(C)cc(OC)c(Cc3ccc4c(c3)OCO4)c2C)cc1. The Morgan fingerprint density at radius 2 is 1.67 bits per heavy atom. The number of hydrogen-bond acceptors (Lipinski definition) is 11. The molecule has 1 aliphatic heterocycles. The molecular formula is C29H31N3O10S. The first-order valence-electron chi connectivity index (χ1n) is 12.9. The minimum absolute atomic E-state index is 0.109. The van der Waals surface area contributed by atoms with Crippen LogP contribution in [0.2, 0.25) is 0 Å². The van der Waals surface area contributed by atoms with Crippen molar-refractivity contribution >= 4 is 27.7 Å². The predicted molar refractivity (Wildman–Crippen MR) is 151 cm³/mol. The van der Waals surface area contributed by atoms with Crippen LogP contribution >= 0.6 is 0 Å².